The van der Waals surface area contributed by atoms with Gasteiger partial charge in [0.1, 0.15) is 11.5 Å². The van der Waals surface area contributed by atoms with E-state index >= 15 is 4.39 Å². The second-order valence-corrected chi connectivity index (χ2v) is 8.17. The van der Waals surface area contributed by atoms with Gasteiger partial charge in [0.15, 0.2) is 28.8 Å². The number of carboxylic acid groups (broad SMARTS) is 1. The number of phenolic OH excluding ortho intramolecular Hbond substituents is 4. The number of phenols is 4. The number of aromatic hydroxyl groups is 4. The van der Waals surface area contributed by atoms with E-state index in [4.69, 9.17) is 9.47 Å². The fourth-order valence-electron chi connectivity index (χ4n) is 4.54. The van der Waals surface area contributed by atoms with Gasteiger partial charge in [-0.05, 0) is 30.2 Å². The topological polar surface area (TPSA) is 197 Å². The van der Waals surface area contributed by atoms with Crippen LogP contribution < -0.4 is 4.74 Å². The van der Waals surface area contributed by atoms with E-state index in [0.29, 0.717) is 17.7 Å². The van der Waals surface area contributed by atoms with Gasteiger partial charge in [-0.15, -0.1) is 0 Å². The van der Waals surface area contributed by atoms with Gasteiger partial charge in [0.05, 0.1) is 19.3 Å². The summed E-state index contributed by atoms with van der Waals surface area (Å²) in [6.45, 7) is -0.386. The minimum atomic E-state index is -3.47. The van der Waals surface area contributed by atoms with Gasteiger partial charge in [-0.3, -0.25) is 0 Å². The average Bonchev–Trinajstić information content (AvgIpc) is 2.79. The molecule has 11 nitrogen and oxygen atoms in total. The molecule has 2 aromatic carbocycles. The van der Waals surface area contributed by atoms with Gasteiger partial charge >= 0.3 is 5.97 Å². The number of carboxylic acids is 1. The van der Waals surface area contributed by atoms with E-state index in [0.717, 1.165) is 7.11 Å². The molecule has 4 rings (SSSR count). The summed E-state index contributed by atoms with van der Waals surface area (Å²) >= 11 is 0. The van der Waals surface area contributed by atoms with Crippen LogP contribution in [0.3, 0.4) is 0 Å². The van der Waals surface area contributed by atoms with Gasteiger partial charge in [0.2, 0.25) is 5.67 Å². The lowest BCUT2D eigenvalue weighted by atomic mass is 9.70. The lowest BCUT2D eigenvalue weighted by molar-refractivity contribution is -0.149. The van der Waals surface area contributed by atoms with E-state index in [1.54, 1.807) is 0 Å². The standard InChI is InChI=1S/C23H21FO11/c1-34-20-19(29)23(32,33)16(10-4-9-2-3-12(25)7-15(9)35-8-10)17(21(30)31)22(20,24)11-5-13(26)18(28)14(27)6-11/h2-3,5-7,10,25-29,32-33H,4,8H2,1H3,(H,30,31). The first-order valence-electron chi connectivity index (χ1n) is 10.1. The third-order valence-corrected chi connectivity index (χ3v) is 6.10. The molecule has 8 N–H and O–H groups in total. The van der Waals surface area contributed by atoms with E-state index in [9.17, 15) is 45.6 Å². The first-order chi connectivity index (χ1) is 16.3. The molecule has 1 aliphatic carbocycles. The zero-order valence-electron chi connectivity index (χ0n) is 18.1. The van der Waals surface area contributed by atoms with Crippen LogP contribution in [-0.2, 0) is 21.6 Å². The Kier molecular flexibility index (Phi) is 5.45. The van der Waals surface area contributed by atoms with E-state index in [1.165, 1.54) is 18.2 Å². The zero-order valence-corrected chi connectivity index (χ0v) is 18.1. The first kappa shape index (κ1) is 24.0. The molecule has 0 fully saturated rings. The Morgan fingerprint density at radius 3 is 2.29 bits per heavy atom. The number of allylic oxidation sites excluding steroid dienone is 1. The molecule has 0 aromatic heterocycles. The van der Waals surface area contributed by atoms with Crippen LogP contribution in [0.15, 0.2) is 53.0 Å². The van der Waals surface area contributed by atoms with Crippen molar-refractivity contribution in [3.63, 3.8) is 0 Å². The summed E-state index contributed by atoms with van der Waals surface area (Å²) in [6.07, 6.45) is -0.0949. The molecule has 12 heteroatoms. The highest BCUT2D eigenvalue weighted by Gasteiger charge is 2.60. The fourth-order valence-corrected chi connectivity index (χ4v) is 4.54. The molecule has 186 valence electrons. The van der Waals surface area contributed by atoms with Crippen LogP contribution in [0.1, 0.15) is 11.1 Å². The second-order valence-electron chi connectivity index (χ2n) is 8.17. The first-order valence-corrected chi connectivity index (χ1v) is 10.1. The lowest BCUT2D eigenvalue weighted by Crippen LogP contribution is -2.50. The molecule has 1 aliphatic heterocycles. The van der Waals surface area contributed by atoms with Crippen molar-refractivity contribution < 1.29 is 59.5 Å². The Bertz CT molecular complexity index is 1270. The number of fused-ring (bicyclic) bond motifs is 1. The van der Waals surface area contributed by atoms with Crippen molar-refractivity contribution in [2.45, 2.75) is 17.9 Å². The van der Waals surface area contributed by atoms with Crippen LogP contribution in [0.4, 0.5) is 4.39 Å². The molecule has 1 heterocycles. The number of alkyl halides is 1. The van der Waals surface area contributed by atoms with E-state index < -0.39 is 68.8 Å². The summed E-state index contributed by atoms with van der Waals surface area (Å²) < 4.78 is 27.3. The zero-order chi connectivity index (χ0) is 25.9. The van der Waals surface area contributed by atoms with Gasteiger partial charge in [0, 0.05) is 23.1 Å². The van der Waals surface area contributed by atoms with Crippen molar-refractivity contribution in [1.29, 1.82) is 0 Å². The molecule has 2 aromatic rings. The maximum absolute atomic E-state index is 16.9. The normalized spacial score (nSPS) is 23.5. The maximum Gasteiger partial charge on any atom is 0.335 e. The van der Waals surface area contributed by atoms with Gasteiger partial charge in [-0.1, -0.05) is 6.07 Å². The Morgan fingerprint density at radius 1 is 1.09 bits per heavy atom. The number of halogens is 1. The summed E-state index contributed by atoms with van der Waals surface area (Å²) in [5.41, 5.74) is -5.96. The smallest absolute Gasteiger partial charge is 0.335 e. The predicted molar refractivity (Wildman–Crippen MR) is 114 cm³/mol. The number of rotatable bonds is 4. The molecule has 2 unspecified atom stereocenters. The Labute approximate surface area is 196 Å². The van der Waals surface area contributed by atoms with E-state index in [1.807, 2.05) is 0 Å². The highest BCUT2D eigenvalue weighted by molar-refractivity contribution is 5.93. The number of aliphatic hydroxyl groups is 3. The van der Waals surface area contributed by atoms with Crippen molar-refractivity contribution in [2.24, 2.45) is 5.92 Å². The number of carbonyl (C=O) groups is 1. The van der Waals surface area contributed by atoms with Crippen molar-refractivity contribution in [3.05, 3.63) is 64.1 Å². The number of ether oxygens (including phenoxy) is 2. The molecule has 2 aliphatic rings. The SMILES string of the molecule is COC1=C(O)C(O)(O)C(C2COc3cc(O)ccc3C2)=C(C(=O)O)C1(F)c1cc(O)c(O)c(O)c1. The van der Waals surface area contributed by atoms with Crippen molar-refractivity contribution in [2.75, 3.05) is 13.7 Å². The molecule has 0 spiro atoms. The number of hydrogen-bond donors (Lipinski definition) is 8. The Morgan fingerprint density at radius 2 is 1.71 bits per heavy atom. The number of benzene rings is 2. The summed E-state index contributed by atoms with van der Waals surface area (Å²) in [5.74, 6) is -12.2. The summed E-state index contributed by atoms with van der Waals surface area (Å²) in [5, 5.41) is 81.6. The molecule has 2 atom stereocenters. The molecule has 0 saturated heterocycles. The van der Waals surface area contributed by atoms with Crippen LogP contribution in [0.25, 0.3) is 0 Å². The number of aliphatic carboxylic acids is 1. The molecular weight excluding hydrogens is 471 g/mol. The lowest BCUT2D eigenvalue weighted by Gasteiger charge is -2.42. The van der Waals surface area contributed by atoms with Crippen molar-refractivity contribution in [3.8, 4) is 28.7 Å². The highest BCUT2D eigenvalue weighted by Crippen LogP contribution is 2.55. The third-order valence-electron chi connectivity index (χ3n) is 6.10. The van der Waals surface area contributed by atoms with Crippen LogP contribution in [0.2, 0.25) is 0 Å². The largest absolute Gasteiger partial charge is 0.508 e. The van der Waals surface area contributed by atoms with Crippen LogP contribution >= 0.6 is 0 Å². The molecule has 0 radical (unpaired) electrons. The Balaban J connectivity index is 2.01. The van der Waals surface area contributed by atoms with E-state index in [2.05, 4.69) is 0 Å². The van der Waals surface area contributed by atoms with Gasteiger partial charge in [-0.25, -0.2) is 9.18 Å². The predicted octanol–water partition coefficient (Wildman–Crippen LogP) is 1.42. The fraction of sp³-hybridized carbons (Fsp3) is 0.261. The van der Waals surface area contributed by atoms with E-state index in [-0.39, 0.29) is 24.5 Å². The van der Waals surface area contributed by atoms with Crippen molar-refractivity contribution >= 4 is 5.97 Å². The maximum atomic E-state index is 16.9. The summed E-state index contributed by atoms with van der Waals surface area (Å²) in [4.78, 5) is 12.5. The second kappa shape index (κ2) is 7.96. The molecule has 0 bridgehead atoms. The van der Waals surface area contributed by atoms with Gasteiger partial charge in [-0.2, -0.15) is 0 Å². The van der Waals surface area contributed by atoms with Gasteiger partial charge in [0.25, 0.3) is 5.79 Å². The average molecular weight is 492 g/mol. The Hall–Kier alpha value is -4.16. The van der Waals surface area contributed by atoms with Crippen molar-refractivity contribution in [1.82, 2.24) is 0 Å². The van der Waals surface area contributed by atoms with Crippen LogP contribution in [0, 0.1) is 5.92 Å². The molecule has 0 saturated carbocycles. The minimum absolute atomic E-state index is 0.0949. The number of methoxy groups -OCH3 is 1. The third kappa shape index (κ3) is 3.45. The monoisotopic (exact) mass is 492 g/mol. The molecule has 35 heavy (non-hydrogen) atoms. The van der Waals surface area contributed by atoms with Gasteiger partial charge < -0.3 is 50.3 Å². The molecule has 0 amide bonds. The molecular formula is C23H21FO11. The number of aliphatic hydroxyl groups excluding tert-OH is 1. The number of hydrogen-bond acceptors (Lipinski definition) is 10. The van der Waals surface area contributed by atoms with Crippen LogP contribution in [0.5, 0.6) is 28.7 Å². The summed E-state index contributed by atoms with van der Waals surface area (Å²) in [7, 11) is 0.840. The minimum Gasteiger partial charge on any atom is -0.508 e. The van der Waals surface area contributed by atoms with Crippen LogP contribution in [-0.4, -0.2) is 66.3 Å². The quantitative estimate of drug-likeness (QED) is 0.227. The highest BCUT2D eigenvalue weighted by atomic mass is 19.1. The summed E-state index contributed by atoms with van der Waals surface area (Å²) in [6, 6.07) is 5.27.